The average molecular weight is 501 g/mol. The predicted octanol–water partition coefficient (Wildman–Crippen LogP) is 8.64. The van der Waals surface area contributed by atoms with Gasteiger partial charge in [0.2, 0.25) is 0 Å². The summed E-state index contributed by atoms with van der Waals surface area (Å²) in [5.74, 6) is 2.38. The second-order valence-electron chi connectivity index (χ2n) is 10.2. The van der Waals surface area contributed by atoms with E-state index in [1.807, 2.05) is 30.3 Å². The summed E-state index contributed by atoms with van der Waals surface area (Å²) in [6.07, 6.45) is 9.41. The lowest BCUT2D eigenvalue weighted by atomic mass is 10.0. The lowest BCUT2D eigenvalue weighted by Crippen LogP contribution is -2.09. The van der Waals surface area contributed by atoms with Crippen molar-refractivity contribution >= 4 is 5.97 Å². The molecule has 37 heavy (non-hydrogen) atoms. The first-order chi connectivity index (χ1) is 18.1. The van der Waals surface area contributed by atoms with Crippen LogP contribution >= 0.6 is 0 Å². The molecule has 1 aliphatic carbocycles. The number of carbonyl (C=O) groups excluding carboxylic acids is 1. The summed E-state index contributed by atoms with van der Waals surface area (Å²) < 4.78 is 17.4. The minimum Gasteiger partial charge on any atom is -0.494 e. The second kappa shape index (κ2) is 13.3. The Morgan fingerprint density at radius 1 is 0.757 bits per heavy atom. The summed E-state index contributed by atoms with van der Waals surface area (Å²) in [6, 6.07) is 19.4. The maximum atomic E-state index is 12.8. The number of benzene rings is 3. The number of hydrogen-bond acceptors (Lipinski definition) is 4. The topological polar surface area (TPSA) is 44.8 Å². The summed E-state index contributed by atoms with van der Waals surface area (Å²) in [5.41, 5.74) is 5.34. The van der Waals surface area contributed by atoms with Crippen molar-refractivity contribution < 1.29 is 19.0 Å². The summed E-state index contributed by atoms with van der Waals surface area (Å²) in [5, 5.41) is 0. The van der Waals surface area contributed by atoms with Crippen molar-refractivity contribution in [3.63, 3.8) is 0 Å². The highest BCUT2D eigenvalue weighted by molar-refractivity contribution is 5.93. The van der Waals surface area contributed by atoms with Gasteiger partial charge in [-0.15, -0.1) is 0 Å². The van der Waals surface area contributed by atoms with Crippen LogP contribution < -0.4 is 14.2 Å². The number of ether oxygens (including phenoxy) is 3. The first-order valence-electron chi connectivity index (χ1n) is 13.9. The first kappa shape index (κ1) is 26.8. The Kier molecular flexibility index (Phi) is 9.65. The predicted molar refractivity (Wildman–Crippen MR) is 150 cm³/mol. The van der Waals surface area contributed by atoms with Crippen LogP contribution in [0.15, 0.2) is 60.7 Å². The Balaban J connectivity index is 1.31. The molecule has 1 aliphatic rings. The van der Waals surface area contributed by atoms with Crippen LogP contribution in [0.3, 0.4) is 0 Å². The van der Waals surface area contributed by atoms with E-state index in [0.717, 1.165) is 42.9 Å². The van der Waals surface area contributed by atoms with Gasteiger partial charge in [0, 0.05) is 0 Å². The molecule has 0 fully saturated rings. The van der Waals surface area contributed by atoms with Crippen LogP contribution in [0.25, 0.3) is 11.1 Å². The minimum absolute atomic E-state index is 0.352. The molecule has 4 nitrogen and oxygen atoms in total. The molecule has 4 heteroatoms. The third-order valence-electron chi connectivity index (χ3n) is 7.12. The fraction of sp³-hybridized carbons (Fsp3) is 0.424. The lowest BCUT2D eigenvalue weighted by Gasteiger charge is -2.11. The van der Waals surface area contributed by atoms with E-state index in [1.165, 1.54) is 48.8 Å². The molecule has 196 valence electrons. The van der Waals surface area contributed by atoms with E-state index < -0.39 is 0 Å². The van der Waals surface area contributed by atoms with Crippen LogP contribution in [-0.2, 0) is 6.42 Å². The van der Waals surface area contributed by atoms with Gasteiger partial charge in [0.05, 0.1) is 18.8 Å². The van der Waals surface area contributed by atoms with E-state index in [9.17, 15) is 4.79 Å². The van der Waals surface area contributed by atoms with Gasteiger partial charge in [-0.3, -0.25) is 0 Å². The van der Waals surface area contributed by atoms with Gasteiger partial charge in [0.1, 0.15) is 17.2 Å². The molecule has 0 saturated heterocycles. The van der Waals surface area contributed by atoms with E-state index >= 15 is 0 Å². The number of hydrogen-bond donors (Lipinski definition) is 0. The van der Waals surface area contributed by atoms with Crippen molar-refractivity contribution in [3.05, 3.63) is 77.4 Å². The summed E-state index contributed by atoms with van der Waals surface area (Å²) >= 11 is 0. The monoisotopic (exact) mass is 500 g/mol. The Morgan fingerprint density at radius 2 is 1.41 bits per heavy atom. The zero-order valence-corrected chi connectivity index (χ0v) is 22.6. The molecule has 0 amide bonds. The minimum atomic E-state index is -0.352. The Hall–Kier alpha value is -3.27. The van der Waals surface area contributed by atoms with Gasteiger partial charge in [-0.1, -0.05) is 71.4 Å². The van der Waals surface area contributed by atoms with Crippen molar-refractivity contribution in [1.29, 1.82) is 0 Å². The average Bonchev–Trinajstić information content (AvgIpc) is 3.29. The van der Waals surface area contributed by atoms with Crippen LogP contribution in [0.1, 0.15) is 87.2 Å². The molecule has 0 spiro atoms. The molecule has 1 unspecified atom stereocenters. The van der Waals surface area contributed by atoms with Gasteiger partial charge in [-0.2, -0.15) is 0 Å². The van der Waals surface area contributed by atoms with Crippen molar-refractivity contribution in [2.24, 2.45) is 5.92 Å². The van der Waals surface area contributed by atoms with Crippen molar-refractivity contribution in [1.82, 2.24) is 0 Å². The van der Waals surface area contributed by atoms with E-state index in [-0.39, 0.29) is 5.97 Å². The van der Waals surface area contributed by atoms with Crippen molar-refractivity contribution in [2.75, 3.05) is 13.2 Å². The van der Waals surface area contributed by atoms with E-state index in [0.29, 0.717) is 23.8 Å². The molecule has 1 atom stereocenters. The molecular formula is C33H40O4. The molecular weight excluding hydrogens is 460 g/mol. The number of esters is 1. The van der Waals surface area contributed by atoms with Gasteiger partial charge in [0.15, 0.2) is 0 Å². The first-order valence-corrected chi connectivity index (χ1v) is 13.9. The van der Waals surface area contributed by atoms with Gasteiger partial charge >= 0.3 is 5.97 Å². The summed E-state index contributed by atoms with van der Waals surface area (Å²) in [7, 11) is 0. The lowest BCUT2D eigenvalue weighted by molar-refractivity contribution is 0.0734. The standard InChI is InChI=1S/C33H40O4/c1-4-6-7-8-9-10-19-35-30-16-18-32-27(22-30)21-26-20-25(11-17-31(26)32)33(34)37-29-14-12-28(13-15-29)36-23-24(3)5-2/h11-18,20,22,24H,4-10,19,21,23H2,1-3H3. The van der Waals surface area contributed by atoms with Crippen LogP contribution in [0.2, 0.25) is 0 Å². The third kappa shape index (κ3) is 7.38. The van der Waals surface area contributed by atoms with Gasteiger partial charge in [-0.25, -0.2) is 4.79 Å². The zero-order chi connectivity index (χ0) is 26.0. The van der Waals surface area contributed by atoms with Crippen molar-refractivity contribution in [3.8, 4) is 28.4 Å². The highest BCUT2D eigenvalue weighted by Gasteiger charge is 2.21. The summed E-state index contributed by atoms with van der Waals surface area (Å²) in [4.78, 5) is 12.8. The normalized spacial score (nSPS) is 12.5. The fourth-order valence-corrected chi connectivity index (χ4v) is 4.60. The fourth-order valence-electron chi connectivity index (χ4n) is 4.60. The third-order valence-corrected chi connectivity index (χ3v) is 7.12. The van der Waals surface area contributed by atoms with Gasteiger partial charge in [-0.05, 0) is 89.5 Å². The second-order valence-corrected chi connectivity index (χ2v) is 10.2. The smallest absolute Gasteiger partial charge is 0.343 e. The molecule has 0 bridgehead atoms. The zero-order valence-electron chi connectivity index (χ0n) is 22.6. The Labute approximate surface area is 222 Å². The van der Waals surface area contributed by atoms with Crippen LogP contribution in [0.4, 0.5) is 0 Å². The maximum Gasteiger partial charge on any atom is 0.343 e. The maximum absolute atomic E-state index is 12.8. The molecule has 3 aromatic carbocycles. The number of carbonyl (C=O) groups is 1. The molecule has 0 N–H and O–H groups in total. The molecule has 3 aromatic rings. The Bertz CT molecular complexity index is 1170. The van der Waals surface area contributed by atoms with Crippen LogP contribution in [0, 0.1) is 5.92 Å². The molecule has 0 radical (unpaired) electrons. The summed E-state index contributed by atoms with van der Waals surface area (Å²) in [6.45, 7) is 8.00. The molecule has 0 saturated carbocycles. The highest BCUT2D eigenvalue weighted by Crippen LogP contribution is 2.39. The molecule has 0 aromatic heterocycles. The molecule has 4 rings (SSSR count). The van der Waals surface area contributed by atoms with E-state index in [4.69, 9.17) is 14.2 Å². The molecule has 0 heterocycles. The quantitative estimate of drug-likeness (QED) is 0.0987. The van der Waals surface area contributed by atoms with Gasteiger partial charge in [0.25, 0.3) is 0 Å². The van der Waals surface area contributed by atoms with E-state index in [1.54, 1.807) is 12.1 Å². The number of rotatable bonds is 14. The molecule has 0 aliphatic heterocycles. The van der Waals surface area contributed by atoms with E-state index in [2.05, 4.69) is 39.0 Å². The number of fused-ring (bicyclic) bond motifs is 3. The largest absolute Gasteiger partial charge is 0.494 e. The number of unbranched alkanes of at least 4 members (excludes halogenated alkanes) is 5. The van der Waals surface area contributed by atoms with Gasteiger partial charge < -0.3 is 14.2 Å². The highest BCUT2D eigenvalue weighted by atomic mass is 16.5. The Morgan fingerprint density at radius 3 is 2.16 bits per heavy atom. The van der Waals surface area contributed by atoms with Crippen molar-refractivity contribution in [2.45, 2.75) is 72.1 Å². The van der Waals surface area contributed by atoms with Crippen LogP contribution in [0.5, 0.6) is 17.2 Å². The van der Waals surface area contributed by atoms with Crippen LogP contribution in [-0.4, -0.2) is 19.2 Å². The SMILES string of the molecule is CCCCCCCCOc1ccc2c(c1)Cc1cc(C(=O)Oc3ccc(OCC(C)CC)cc3)ccc1-2.